The molecule has 2 aliphatic heterocycles. The van der Waals surface area contributed by atoms with Gasteiger partial charge in [-0.3, -0.25) is 14.8 Å². The van der Waals surface area contributed by atoms with Gasteiger partial charge in [0.15, 0.2) is 0 Å². The van der Waals surface area contributed by atoms with E-state index in [-0.39, 0.29) is 28.3 Å². The van der Waals surface area contributed by atoms with Gasteiger partial charge in [-0.25, -0.2) is 31.5 Å². The van der Waals surface area contributed by atoms with Crippen molar-refractivity contribution in [2.45, 2.75) is 86.4 Å². The molecule has 2 heterocycles. The third kappa shape index (κ3) is 12.1. The van der Waals surface area contributed by atoms with Crippen molar-refractivity contribution in [2.75, 3.05) is 10.0 Å². The molecule has 0 aromatic heterocycles. The minimum absolute atomic E-state index is 0.119. The molecule has 4 N–H and O–H groups in total. The molecule has 2 aliphatic rings. The minimum atomic E-state index is -4.61. The van der Waals surface area contributed by atoms with Crippen molar-refractivity contribution in [3.63, 3.8) is 0 Å². The zero-order chi connectivity index (χ0) is 45.8. The van der Waals surface area contributed by atoms with Crippen molar-refractivity contribution >= 4 is 54.8 Å². The molecule has 2 amide bonds. The second-order valence-corrected chi connectivity index (χ2v) is 18.2. The number of halogens is 6. The third-order valence-electron chi connectivity index (χ3n) is 9.05. The molecule has 0 saturated heterocycles. The molecule has 0 bridgehead atoms. The molecule has 22 heteroatoms. The topological polar surface area (TPSA) is 193 Å². The van der Waals surface area contributed by atoms with Gasteiger partial charge in [-0.1, -0.05) is 60.7 Å². The number of primary sulfonamides is 1. The SMILES string of the molecule is CC(NC(=O)OC(C)(C)C)C(=O)NS(=O)(=O)c1ccc(N2N=C(C(F)(F)F)CC2c2ccccc2)cc1.NS(=O)(=O)c1ccc(N2N=C(C(F)(F)F)CC2c2ccccc2)cc1. The number of alkyl halides is 6. The van der Waals surface area contributed by atoms with Crippen LogP contribution in [0, 0.1) is 0 Å². The van der Waals surface area contributed by atoms with Crippen LogP contribution >= 0.6 is 0 Å². The molecule has 6 rings (SSSR count). The van der Waals surface area contributed by atoms with E-state index in [0.717, 1.165) is 12.1 Å². The molecule has 14 nitrogen and oxygen atoms in total. The Morgan fingerprint density at radius 1 is 0.677 bits per heavy atom. The predicted octanol–water partition coefficient (Wildman–Crippen LogP) is 7.48. The van der Waals surface area contributed by atoms with Gasteiger partial charge in [0, 0.05) is 12.8 Å². The van der Waals surface area contributed by atoms with E-state index >= 15 is 0 Å². The second kappa shape index (κ2) is 18.2. The van der Waals surface area contributed by atoms with E-state index in [1.807, 2.05) is 4.72 Å². The fourth-order valence-electron chi connectivity index (χ4n) is 6.11. The average molecular weight is 910 g/mol. The summed E-state index contributed by atoms with van der Waals surface area (Å²) >= 11 is 0. The van der Waals surface area contributed by atoms with Gasteiger partial charge in [-0.15, -0.1) is 0 Å². The van der Waals surface area contributed by atoms with Gasteiger partial charge in [0.25, 0.3) is 15.9 Å². The van der Waals surface area contributed by atoms with Crippen LogP contribution in [0.5, 0.6) is 0 Å². The van der Waals surface area contributed by atoms with Crippen LogP contribution in [-0.2, 0) is 29.6 Å². The number of carbonyl (C=O) groups excluding carboxylic acids is 2. The summed E-state index contributed by atoms with van der Waals surface area (Å²) in [6.45, 7) is 6.17. The summed E-state index contributed by atoms with van der Waals surface area (Å²) in [4.78, 5) is 23.8. The Morgan fingerprint density at radius 2 is 1.06 bits per heavy atom. The van der Waals surface area contributed by atoms with Gasteiger partial charge in [0.1, 0.15) is 23.1 Å². The number of ether oxygens (including phenoxy) is 1. The smallest absolute Gasteiger partial charge is 0.431 e. The quantitative estimate of drug-likeness (QED) is 0.143. The molecule has 332 valence electrons. The first-order chi connectivity index (χ1) is 28.7. The van der Waals surface area contributed by atoms with Gasteiger partial charge < -0.3 is 10.1 Å². The van der Waals surface area contributed by atoms with E-state index in [2.05, 4.69) is 15.5 Å². The number of nitrogens with one attached hydrogen (secondary N) is 2. The Kier molecular flexibility index (Phi) is 13.8. The molecule has 0 saturated carbocycles. The summed E-state index contributed by atoms with van der Waals surface area (Å²) in [7, 11) is -8.22. The van der Waals surface area contributed by atoms with Gasteiger partial charge in [-0.2, -0.15) is 36.5 Å². The summed E-state index contributed by atoms with van der Waals surface area (Å²) in [5, 5.41) is 17.2. The van der Waals surface area contributed by atoms with E-state index in [1.165, 1.54) is 53.3 Å². The highest BCUT2D eigenvalue weighted by atomic mass is 32.2. The Balaban J connectivity index is 0.000000252. The van der Waals surface area contributed by atoms with E-state index in [4.69, 9.17) is 9.88 Å². The molecule has 0 fully saturated rings. The van der Waals surface area contributed by atoms with Gasteiger partial charge in [0.05, 0.1) is 33.2 Å². The lowest BCUT2D eigenvalue weighted by Gasteiger charge is -2.24. The molecule has 0 spiro atoms. The number of amides is 2. The number of hydrogen-bond acceptors (Lipinski definition) is 11. The second-order valence-electron chi connectivity index (χ2n) is 14.9. The summed E-state index contributed by atoms with van der Waals surface area (Å²) in [6.07, 6.45) is -10.7. The number of alkyl carbamates (subject to hydrolysis) is 1. The van der Waals surface area contributed by atoms with Crippen molar-refractivity contribution in [1.29, 1.82) is 0 Å². The maximum absolute atomic E-state index is 13.4. The van der Waals surface area contributed by atoms with Crippen LogP contribution in [0.15, 0.2) is 129 Å². The van der Waals surface area contributed by atoms with Crippen molar-refractivity contribution in [2.24, 2.45) is 15.3 Å². The monoisotopic (exact) mass is 909 g/mol. The lowest BCUT2D eigenvalue weighted by molar-refractivity contribution is -0.121. The van der Waals surface area contributed by atoms with Crippen LogP contribution in [0.1, 0.15) is 63.7 Å². The third-order valence-corrected chi connectivity index (χ3v) is 11.3. The number of rotatable bonds is 9. The summed E-state index contributed by atoms with van der Waals surface area (Å²) in [5.41, 5.74) is -0.761. The molecular weight excluding hydrogens is 869 g/mol. The number of benzene rings is 4. The number of nitrogens with two attached hydrogens (primary N) is 1. The fraction of sp³-hybridized carbons (Fsp3) is 0.300. The maximum Gasteiger partial charge on any atom is 0.431 e. The lowest BCUT2D eigenvalue weighted by atomic mass is 10.0. The summed E-state index contributed by atoms with van der Waals surface area (Å²) in [6, 6.07) is 24.8. The number of carbonyl (C=O) groups is 2. The van der Waals surface area contributed by atoms with Gasteiger partial charge in [-0.05, 0) is 87.4 Å². The number of hydrogen-bond donors (Lipinski definition) is 3. The summed E-state index contributed by atoms with van der Waals surface area (Å²) in [5.74, 6) is -1.00. The lowest BCUT2D eigenvalue weighted by Crippen LogP contribution is -2.47. The number of nitrogens with zero attached hydrogens (tertiary/aromatic N) is 4. The van der Waals surface area contributed by atoms with Crippen LogP contribution < -0.4 is 25.2 Å². The van der Waals surface area contributed by atoms with Crippen molar-refractivity contribution in [1.82, 2.24) is 10.0 Å². The minimum Gasteiger partial charge on any atom is -0.444 e. The first-order valence-corrected chi connectivity index (χ1v) is 21.5. The Hall–Kier alpha value is -6.00. The highest BCUT2D eigenvalue weighted by Gasteiger charge is 2.45. The number of hydrazone groups is 2. The molecule has 3 atom stereocenters. The largest absolute Gasteiger partial charge is 0.444 e. The first kappa shape index (κ1) is 47.1. The molecule has 62 heavy (non-hydrogen) atoms. The van der Waals surface area contributed by atoms with Crippen LogP contribution in [0.25, 0.3) is 0 Å². The molecular formula is C40H41F6N7O7S2. The van der Waals surface area contributed by atoms with Crippen molar-refractivity contribution < 1.29 is 57.5 Å². The first-order valence-electron chi connectivity index (χ1n) is 18.5. The van der Waals surface area contributed by atoms with Crippen LogP contribution in [0.3, 0.4) is 0 Å². The van der Waals surface area contributed by atoms with E-state index in [0.29, 0.717) is 16.8 Å². The zero-order valence-electron chi connectivity index (χ0n) is 33.3. The fourth-order valence-corrected chi connectivity index (χ4v) is 7.67. The van der Waals surface area contributed by atoms with Crippen molar-refractivity contribution in [3.8, 4) is 0 Å². The highest BCUT2D eigenvalue weighted by molar-refractivity contribution is 7.90. The summed E-state index contributed by atoms with van der Waals surface area (Å²) < 4.78 is 134. The Morgan fingerprint density at radius 3 is 1.42 bits per heavy atom. The van der Waals surface area contributed by atoms with Crippen LogP contribution in [-0.4, -0.2) is 64.3 Å². The van der Waals surface area contributed by atoms with Gasteiger partial charge in [0.2, 0.25) is 10.0 Å². The maximum atomic E-state index is 13.4. The zero-order valence-corrected chi connectivity index (χ0v) is 35.0. The standard InChI is InChI=1S/C24H27F3N4O5S.C16H14F3N3O2S/c1-15(28-22(33)36-23(2,3)4)21(32)30-37(34,35)18-12-10-17(11-13-18)31-19(16-8-6-5-7-9-16)14-20(29-31)24(25,26)27;17-16(18,19)15-10-14(11-4-2-1-3-5-11)22(21-15)12-6-8-13(9-7-12)25(20,23)24/h5-13,15,19H,14H2,1-4H3,(H,28,33)(H,30,32);1-9,14H,10H2,(H2,20,23,24). The molecule has 0 aliphatic carbocycles. The van der Waals surface area contributed by atoms with E-state index < -0.39 is 79.5 Å². The van der Waals surface area contributed by atoms with E-state index in [9.17, 15) is 52.8 Å². The van der Waals surface area contributed by atoms with Crippen molar-refractivity contribution in [3.05, 3.63) is 120 Å². The molecule has 4 aromatic carbocycles. The van der Waals surface area contributed by atoms with Crippen LogP contribution in [0.2, 0.25) is 0 Å². The Labute approximate surface area is 353 Å². The van der Waals surface area contributed by atoms with Crippen LogP contribution in [0.4, 0.5) is 42.5 Å². The Bertz CT molecular complexity index is 2520. The number of sulfonamides is 2. The van der Waals surface area contributed by atoms with E-state index in [1.54, 1.807) is 81.4 Å². The predicted molar refractivity (Wildman–Crippen MR) is 218 cm³/mol. The average Bonchev–Trinajstić information content (AvgIpc) is 3.85. The highest BCUT2D eigenvalue weighted by Crippen LogP contribution is 2.41. The molecule has 0 radical (unpaired) electrons. The normalized spacial score (nSPS) is 17.6. The van der Waals surface area contributed by atoms with Gasteiger partial charge >= 0.3 is 18.4 Å². The molecule has 4 aromatic rings. The molecule has 3 unspecified atom stereocenters. The number of anilines is 2.